The van der Waals surface area contributed by atoms with Crippen LogP contribution in [-0.4, -0.2) is 24.1 Å². The Balaban J connectivity index is 1.14. The lowest BCUT2D eigenvalue weighted by Gasteiger charge is -2.26. The van der Waals surface area contributed by atoms with Gasteiger partial charge in [-0.15, -0.1) is 0 Å². The summed E-state index contributed by atoms with van der Waals surface area (Å²) >= 11 is 0. The molecule has 0 aliphatic heterocycles. The van der Waals surface area contributed by atoms with Crippen LogP contribution in [0.5, 0.6) is 0 Å². The van der Waals surface area contributed by atoms with Crippen molar-refractivity contribution in [2.24, 2.45) is 0 Å². The summed E-state index contributed by atoms with van der Waals surface area (Å²) in [7, 11) is 0. The van der Waals surface area contributed by atoms with Gasteiger partial charge in [0.1, 0.15) is 0 Å². The monoisotopic (exact) mass is 823 g/mol. The molecule has 0 saturated carbocycles. The highest BCUT2D eigenvalue weighted by atomic mass is 15.3. The quantitative estimate of drug-likeness (QED) is 0.122. The van der Waals surface area contributed by atoms with E-state index in [2.05, 4.69) is 178 Å². The van der Waals surface area contributed by atoms with Gasteiger partial charge in [0.2, 0.25) is 11.9 Å². The fourth-order valence-electron chi connectivity index (χ4n) is 8.88. The fourth-order valence-corrected chi connectivity index (χ4v) is 8.88. The van der Waals surface area contributed by atoms with E-state index >= 15 is 0 Å². The van der Waals surface area contributed by atoms with E-state index in [1.807, 2.05) is 72.8 Å². The van der Waals surface area contributed by atoms with Crippen LogP contribution < -0.4 is 9.80 Å². The second-order valence-electron chi connectivity index (χ2n) is 15.4. The molecule has 0 spiro atoms. The Hall–Kier alpha value is -8.81. The largest absolute Gasteiger partial charge is 0.311 e. The molecule has 11 aromatic rings. The molecule has 64 heavy (non-hydrogen) atoms. The highest BCUT2D eigenvalue weighted by Crippen LogP contribution is 2.41. The van der Waals surface area contributed by atoms with E-state index in [0.29, 0.717) is 17.7 Å². The van der Waals surface area contributed by atoms with E-state index in [1.165, 1.54) is 0 Å². The van der Waals surface area contributed by atoms with E-state index in [1.54, 1.807) is 6.08 Å². The molecule has 0 bridgehead atoms. The predicted molar refractivity (Wildman–Crippen MR) is 266 cm³/mol. The van der Waals surface area contributed by atoms with Crippen LogP contribution in [0.2, 0.25) is 0 Å². The molecule has 7 nitrogen and oxygen atoms in total. The Morgan fingerprint density at radius 2 is 0.844 bits per heavy atom. The summed E-state index contributed by atoms with van der Waals surface area (Å²) in [5, 5.41) is 4.32. The number of rotatable bonds is 11. The molecule has 0 amide bonds. The van der Waals surface area contributed by atoms with Crippen molar-refractivity contribution >= 4 is 72.0 Å². The highest BCUT2D eigenvalue weighted by Gasteiger charge is 2.23. The van der Waals surface area contributed by atoms with Crippen molar-refractivity contribution in [1.82, 2.24) is 24.1 Å². The van der Waals surface area contributed by atoms with Crippen LogP contribution in [0, 0.1) is 0 Å². The molecule has 8 aromatic carbocycles. The molecule has 0 saturated heterocycles. The molecule has 304 valence electrons. The van der Waals surface area contributed by atoms with Gasteiger partial charge in [0.25, 0.3) is 0 Å². The summed E-state index contributed by atoms with van der Waals surface area (Å²) in [5.41, 5.74) is 10.9. The average Bonchev–Trinajstić information content (AvgIpc) is 3.87. The van der Waals surface area contributed by atoms with Crippen molar-refractivity contribution < 1.29 is 0 Å². The van der Waals surface area contributed by atoms with Gasteiger partial charge in [0.15, 0.2) is 5.82 Å². The van der Waals surface area contributed by atoms with Crippen molar-refractivity contribution in [2.45, 2.75) is 0 Å². The van der Waals surface area contributed by atoms with Gasteiger partial charge in [-0.1, -0.05) is 141 Å². The Kier molecular flexibility index (Phi) is 9.67. The second-order valence-corrected chi connectivity index (χ2v) is 15.4. The number of benzene rings is 8. The van der Waals surface area contributed by atoms with Crippen molar-refractivity contribution in [3.05, 3.63) is 243 Å². The summed E-state index contributed by atoms with van der Waals surface area (Å²) in [4.78, 5) is 20.4. The van der Waals surface area contributed by atoms with Gasteiger partial charge in [-0.05, 0) is 97.1 Å². The number of anilines is 5. The van der Waals surface area contributed by atoms with E-state index in [9.17, 15) is 0 Å². The molecule has 0 fully saturated rings. The second kappa shape index (κ2) is 16.2. The molecular weight excluding hydrogens is 783 g/mol. The molecule has 11 rings (SSSR count). The fraction of sp³-hybridized carbons (Fsp3) is 0. The zero-order valence-corrected chi connectivity index (χ0v) is 34.9. The summed E-state index contributed by atoms with van der Waals surface area (Å²) < 4.78 is 4.34. The number of fused-ring (bicyclic) bond motifs is 6. The van der Waals surface area contributed by atoms with Crippen LogP contribution in [0.1, 0.15) is 0 Å². The number of hydrogen-bond acceptors (Lipinski definition) is 5. The zero-order valence-electron chi connectivity index (χ0n) is 34.9. The maximum atomic E-state index is 5.42. The molecular formula is C57H41N7. The Bertz CT molecular complexity index is 3500. The maximum absolute atomic E-state index is 5.42. The molecule has 3 heterocycles. The van der Waals surface area contributed by atoms with Crippen LogP contribution in [-0.2, 0) is 0 Å². The number of hydrogen-bond donors (Lipinski definition) is 0. The number of nitrogens with zero attached hydrogens (tertiary/aromatic N) is 7. The lowest BCUT2D eigenvalue weighted by atomic mass is 10.1. The third-order valence-corrected chi connectivity index (χ3v) is 11.7. The van der Waals surface area contributed by atoms with Gasteiger partial charge in [0, 0.05) is 61.2 Å². The first-order chi connectivity index (χ1) is 31.7. The lowest BCUT2D eigenvalue weighted by Crippen LogP contribution is -2.15. The van der Waals surface area contributed by atoms with Gasteiger partial charge in [-0.25, -0.2) is 0 Å². The van der Waals surface area contributed by atoms with Crippen LogP contribution in [0.3, 0.4) is 0 Å². The van der Waals surface area contributed by atoms with Crippen molar-refractivity contribution in [3.63, 3.8) is 0 Å². The number of aromatic nitrogens is 5. The zero-order chi connectivity index (χ0) is 43.0. The van der Waals surface area contributed by atoms with Crippen molar-refractivity contribution in [2.75, 3.05) is 9.80 Å². The van der Waals surface area contributed by atoms with E-state index in [-0.39, 0.29) is 0 Å². The summed E-state index contributed by atoms with van der Waals surface area (Å²) in [5.74, 6) is 1.61. The molecule has 0 radical (unpaired) electrons. The third-order valence-electron chi connectivity index (χ3n) is 11.7. The Morgan fingerprint density at radius 1 is 0.406 bits per heavy atom. The molecule has 3 aromatic heterocycles. The normalized spacial score (nSPS) is 11.7. The van der Waals surface area contributed by atoms with Crippen LogP contribution in [0.15, 0.2) is 243 Å². The molecule has 0 unspecified atom stereocenters. The molecule has 0 aliphatic carbocycles. The minimum absolute atomic E-state index is 0.517. The van der Waals surface area contributed by atoms with Crippen molar-refractivity contribution in [3.8, 4) is 23.3 Å². The van der Waals surface area contributed by atoms with E-state index < -0.39 is 0 Å². The Labute approximate surface area is 371 Å². The number of allylic oxidation sites excluding steroid dienone is 3. The van der Waals surface area contributed by atoms with Gasteiger partial charge < -0.3 is 9.80 Å². The molecule has 7 heteroatoms. The first-order valence-corrected chi connectivity index (χ1v) is 21.3. The minimum Gasteiger partial charge on any atom is -0.311 e. The molecule has 0 N–H and O–H groups in total. The molecule has 0 aliphatic rings. The van der Waals surface area contributed by atoms with Gasteiger partial charge >= 0.3 is 0 Å². The van der Waals surface area contributed by atoms with Gasteiger partial charge in [-0.3, -0.25) is 9.13 Å². The van der Waals surface area contributed by atoms with Crippen molar-refractivity contribution in [1.29, 1.82) is 0 Å². The highest BCUT2D eigenvalue weighted by molar-refractivity contribution is 6.11. The Morgan fingerprint density at radius 3 is 1.36 bits per heavy atom. The summed E-state index contributed by atoms with van der Waals surface area (Å²) in [6.45, 7) is 8.15. The summed E-state index contributed by atoms with van der Waals surface area (Å²) in [6.07, 6.45) is 5.63. The average molecular weight is 824 g/mol. The van der Waals surface area contributed by atoms with Gasteiger partial charge in [-0.2, -0.15) is 15.0 Å². The van der Waals surface area contributed by atoms with Crippen LogP contribution >= 0.6 is 0 Å². The van der Waals surface area contributed by atoms with E-state index in [4.69, 9.17) is 15.0 Å². The SMILES string of the molecule is C=C/C=C(\C=C)N(c1ccccc1)c1ccc2c(c1)c1ccccc1n2-c1nc(-c2ccccc2)nc(-n2c3ccccc3c3cc(N(c4ccccc4)c4ccccc4)ccc32)n1. The van der Waals surface area contributed by atoms with E-state index in [0.717, 1.165) is 83.3 Å². The van der Waals surface area contributed by atoms with Crippen LogP contribution in [0.4, 0.5) is 28.4 Å². The third kappa shape index (κ3) is 6.60. The standard InChI is InChI=1S/C57H41N7/c1-3-21-41(4-2)61(42-24-11-6-12-25-42)45-34-36-53-49(38-45)47-30-17-19-32-51(47)63(53)56-58-55(40-22-9-5-10-23-40)59-57(60-56)64-52-33-20-18-31-48(52)50-39-46(35-37-54(50)64)62(43-26-13-7-14-27-43)44-28-15-8-16-29-44/h3-39H,1-2H2/b41-21+. The minimum atomic E-state index is 0.517. The van der Waals surface area contributed by atoms with Gasteiger partial charge in [0.05, 0.1) is 22.1 Å². The lowest BCUT2D eigenvalue weighted by molar-refractivity contribution is 0.893. The summed E-state index contributed by atoms with van der Waals surface area (Å²) in [6, 6.07) is 71.6. The topological polar surface area (TPSA) is 55.0 Å². The first-order valence-electron chi connectivity index (χ1n) is 21.3. The van der Waals surface area contributed by atoms with Crippen LogP contribution in [0.25, 0.3) is 66.9 Å². The number of para-hydroxylation sites is 5. The predicted octanol–water partition coefficient (Wildman–Crippen LogP) is 14.6. The first kappa shape index (κ1) is 38.1. The smallest absolute Gasteiger partial charge is 0.240 e. The maximum Gasteiger partial charge on any atom is 0.240 e. The molecule has 0 atom stereocenters.